The topological polar surface area (TPSA) is 63.6 Å². The zero-order chi connectivity index (χ0) is 23.8. The summed E-state index contributed by atoms with van der Waals surface area (Å²) in [5.74, 6) is 0.207. The first-order valence-electron chi connectivity index (χ1n) is 11.3. The van der Waals surface area contributed by atoms with Crippen molar-refractivity contribution < 1.29 is 13.9 Å². The molecule has 6 aromatic rings. The van der Waals surface area contributed by atoms with Crippen LogP contribution >= 0.6 is 0 Å². The van der Waals surface area contributed by atoms with E-state index in [0.717, 1.165) is 44.2 Å². The zero-order valence-corrected chi connectivity index (χ0v) is 18.6. The number of fused-ring (bicyclic) bond motifs is 2. The molecule has 4 heteroatoms. The van der Waals surface area contributed by atoms with Crippen LogP contribution in [0, 0.1) is 0 Å². The van der Waals surface area contributed by atoms with Crippen molar-refractivity contribution in [2.24, 2.45) is 0 Å². The van der Waals surface area contributed by atoms with E-state index in [9.17, 15) is 9.90 Å². The predicted octanol–water partition coefficient (Wildman–Crippen LogP) is 7.75. The largest absolute Gasteiger partial charge is 0.508 e. The molecule has 0 amide bonds. The fourth-order valence-electron chi connectivity index (χ4n) is 4.31. The molecule has 0 aliphatic rings. The minimum atomic E-state index is -0.417. The summed E-state index contributed by atoms with van der Waals surface area (Å²) >= 11 is 0. The second kappa shape index (κ2) is 8.50. The number of aromatic hydroxyl groups is 1. The van der Waals surface area contributed by atoms with Crippen LogP contribution in [0.5, 0.6) is 5.75 Å². The van der Waals surface area contributed by atoms with Crippen molar-refractivity contribution in [1.82, 2.24) is 0 Å². The van der Waals surface area contributed by atoms with Gasteiger partial charge in [0.1, 0.15) is 16.9 Å². The first-order chi connectivity index (χ1) is 17.1. The second-order valence-electron chi connectivity index (χ2n) is 8.38. The van der Waals surface area contributed by atoms with Gasteiger partial charge in [0.2, 0.25) is 0 Å². The van der Waals surface area contributed by atoms with E-state index in [1.807, 2.05) is 42.5 Å². The molecule has 4 nitrogen and oxygen atoms in total. The van der Waals surface area contributed by atoms with Gasteiger partial charge in [0, 0.05) is 22.4 Å². The van der Waals surface area contributed by atoms with Crippen molar-refractivity contribution in [3.63, 3.8) is 0 Å². The third-order valence-corrected chi connectivity index (χ3v) is 6.12. The molecule has 0 atom stereocenters. The molecular weight excluding hydrogens is 436 g/mol. The van der Waals surface area contributed by atoms with E-state index in [1.165, 1.54) is 6.07 Å². The molecule has 0 bridgehead atoms. The minimum absolute atomic E-state index is 0.207. The van der Waals surface area contributed by atoms with Gasteiger partial charge in [-0.25, -0.2) is 4.79 Å². The van der Waals surface area contributed by atoms with Crippen LogP contribution < -0.4 is 5.63 Å². The predicted molar refractivity (Wildman–Crippen MR) is 140 cm³/mol. The van der Waals surface area contributed by atoms with E-state index in [4.69, 9.17) is 8.83 Å². The van der Waals surface area contributed by atoms with Gasteiger partial charge in [-0.05, 0) is 52.1 Å². The highest BCUT2D eigenvalue weighted by Crippen LogP contribution is 2.35. The molecule has 0 unspecified atom stereocenters. The van der Waals surface area contributed by atoms with Crippen LogP contribution in [0.2, 0.25) is 0 Å². The third kappa shape index (κ3) is 4.02. The van der Waals surface area contributed by atoms with Gasteiger partial charge in [-0.15, -0.1) is 0 Å². The van der Waals surface area contributed by atoms with Crippen molar-refractivity contribution in [3.8, 4) is 28.0 Å². The van der Waals surface area contributed by atoms with Crippen molar-refractivity contribution in [1.29, 1.82) is 0 Å². The molecule has 0 saturated heterocycles. The lowest BCUT2D eigenvalue weighted by atomic mass is 9.99. The molecule has 2 heterocycles. The fourth-order valence-corrected chi connectivity index (χ4v) is 4.31. The maximum atomic E-state index is 12.3. The van der Waals surface area contributed by atoms with Crippen molar-refractivity contribution >= 4 is 34.1 Å². The standard InChI is InChI=1S/C31H20O4/c32-25-14-7-20(8-15-25)6-9-24-16-31(33)35-30-18-27-28(19-34-29(27)17-26(24)30)23-12-10-22(11-13-23)21-4-2-1-3-5-21/h1-19,32H/b9-6+. The van der Waals surface area contributed by atoms with Gasteiger partial charge in [-0.1, -0.05) is 78.9 Å². The zero-order valence-electron chi connectivity index (χ0n) is 18.6. The molecule has 168 valence electrons. The maximum absolute atomic E-state index is 12.3. The molecule has 0 aliphatic heterocycles. The molecule has 0 fully saturated rings. The average molecular weight is 456 g/mol. The number of furan rings is 1. The molecule has 1 N–H and O–H groups in total. The maximum Gasteiger partial charge on any atom is 0.336 e. The number of phenols is 1. The smallest absolute Gasteiger partial charge is 0.336 e. The Labute approximate surface area is 201 Å². The van der Waals surface area contributed by atoms with Crippen LogP contribution in [-0.2, 0) is 0 Å². The van der Waals surface area contributed by atoms with E-state index in [0.29, 0.717) is 11.2 Å². The normalized spacial score (nSPS) is 11.5. The molecule has 6 rings (SSSR count). The second-order valence-corrected chi connectivity index (χ2v) is 8.38. The van der Waals surface area contributed by atoms with E-state index >= 15 is 0 Å². The van der Waals surface area contributed by atoms with Gasteiger partial charge in [-0.3, -0.25) is 0 Å². The summed E-state index contributed by atoms with van der Waals surface area (Å²) in [6.07, 6.45) is 5.49. The Balaban J connectivity index is 1.41. The van der Waals surface area contributed by atoms with Crippen LogP contribution in [-0.4, -0.2) is 5.11 Å². The van der Waals surface area contributed by atoms with E-state index in [2.05, 4.69) is 36.4 Å². The molecule has 0 radical (unpaired) electrons. The van der Waals surface area contributed by atoms with Crippen LogP contribution in [0.15, 0.2) is 117 Å². The summed E-state index contributed by atoms with van der Waals surface area (Å²) in [5, 5.41) is 11.1. The summed E-state index contributed by atoms with van der Waals surface area (Å²) < 4.78 is 11.5. The van der Waals surface area contributed by atoms with Crippen molar-refractivity contribution in [2.45, 2.75) is 0 Å². The highest BCUT2D eigenvalue weighted by atomic mass is 16.4. The fraction of sp³-hybridized carbons (Fsp3) is 0. The summed E-state index contributed by atoms with van der Waals surface area (Å²) in [6.45, 7) is 0. The van der Waals surface area contributed by atoms with Crippen molar-refractivity contribution in [2.75, 3.05) is 0 Å². The van der Waals surface area contributed by atoms with Crippen molar-refractivity contribution in [3.05, 3.63) is 125 Å². The molecule has 0 spiro atoms. The number of rotatable bonds is 4. The highest BCUT2D eigenvalue weighted by Gasteiger charge is 2.13. The highest BCUT2D eigenvalue weighted by molar-refractivity contribution is 6.03. The number of benzene rings is 4. The Morgan fingerprint density at radius 2 is 1.34 bits per heavy atom. The van der Waals surface area contributed by atoms with Gasteiger partial charge in [-0.2, -0.15) is 0 Å². The first-order valence-corrected chi connectivity index (χ1v) is 11.3. The quantitative estimate of drug-likeness (QED) is 0.276. The molecular formula is C31H20O4. The van der Waals surface area contributed by atoms with Gasteiger partial charge < -0.3 is 13.9 Å². The molecule has 2 aromatic heterocycles. The van der Waals surface area contributed by atoms with Gasteiger partial charge >= 0.3 is 5.63 Å². The van der Waals surface area contributed by atoms with E-state index in [1.54, 1.807) is 30.5 Å². The lowest BCUT2D eigenvalue weighted by Gasteiger charge is -2.05. The molecule has 0 aliphatic carbocycles. The lowest BCUT2D eigenvalue weighted by Crippen LogP contribution is -1.97. The van der Waals surface area contributed by atoms with Crippen LogP contribution in [0.1, 0.15) is 11.1 Å². The van der Waals surface area contributed by atoms with Gasteiger partial charge in [0.05, 0.1) is 6.26 Å². The van der Waals surface area contributed by atoms with Gasteiger partial charge in [0.15, 0.2) is 0 Å². The van der Waals surface area contributed by atoms with Crippen LogP contribution in [0.25, 0.3) is 56.3 Å². The monoisotopic (exact) mass is 456 g/mol. The average Bonchev–Trinajstić information content (AvgIpc) is 3.30. The van der Waals surface area contributed by atoms with Crippen LogP contribution in [0.3, 0.4) is 0 Å². The Hall–Kier alpha value is -4.83. The Bertz CT molecular complexity index is 1740. The summed E-state index contributed by atoms with van der Waals surface area (Å²) in [5.41, 5.74) is 6.70. The third-order valence-electron chi connectivity index (χ3n) is 6.12. The molecule has 0 saturated carbocycles. The van der Waals surface area contributed by atoms with Crippen LogP contribution in [0.4, 0.5) is 0 Å². The minimum Gasteiger partial charge on any atom is -0.508 e. The Kier molecular flexibility index (Phi) is 5.04. The summed E-state index contributed by atoms with van der Waals surface area (Å²) in [4.78, 5) is 12.3. The molecule has 35 heavy (non-hydrogen) atoms. The van der Waals surface area contributed by atoms with Gasteiger partial charge in [0.25, 0.3) is 0 Å². The number of phenolic OH excluding ortho intramolecular Hbond substituents is 1. The number of hydrogen-bond acceptors (Lipinski definition) is 4. The van der Waals surface area contributed by atoms with E-state index in [-0.39, 0.29) is 5.75 Å². The molecule has 4 aromatic carbocycles. The van der Waals surface area contributed by atoms with E-state index < -0.39 is 5.63 Å². The Morgan fingerprint density at radius 3 is 2.11 bits per heavy atom. The lowest BCUT2D eigenvalue weighted by molar-refractivity contribution is 0.475. The number of hydrogen-bond donors (Lipinski definition) is 1. The summed E-state index contributed by atoms with van der Waals surface area (Å²) in [7, 11) is 0. The first kappa shape index (κ1) is 20.8. The Morgan fingerprint density at radius 1 is 0.657 bits per heavy atom. The SMILES string of the molecule is O=c1cc(/C=C/c2ccc(O)cc2)c2cc3occ(-c4ccc(-c5ccccc5)cc4)c3cc2o1. The summed E-state index contributed by atoms with van der Waals surface area (Å²) in [6, 6.07) is 30.7.